The van der Waals surface area contributed by atoms with Crippen LogP contribution in [0.4, 0.5) is 5.69 Å². The normalized spacial score (nSPS) is 10.2. The number of hydrogen-bond acceptors (Lipinski definition) is 4. The van der Waals surface area contributed by atoms with E-state index >= 15 is 0 Å². The first kappa shape index (κ1) is 15.9. The van der Waals surface area contributed by atoms with Gasteiger partial charge < -0.3 is 4.57 Å². The number of benzene rings is 1. The molecule has 3 aromatic rings. The minimum Gasteiger partial charge on any atom is -0.301 e. The number of fused-ring (bicyclic) bond motifs is 1. The third-order valence-electron chi connectivity index (χ3n) is 3.05. The number of non-ortho nitro benzene ring substituents is 1. The number of hydrogen-bond donors (Lipinski definition) is 0. The largest absolute Gasteiger partial charge is 0.301 e. The molecule has 114 valence electrons. The van der Waals surface area contributed by atoms with Crippen LogP contribution in [0.15, 0.2) is 36.8 Å². The van der Waals surface area contributed by atoms with Gasteiger partial charge in [-0.2, -0.15) is 0 Å². The van der Waals surface area contributed by atoms with E-state index in [2.05, 4.69) is 9.97 Å². The highest BCUT2D eigenvalue weighted by atomic mass is 35.5. The predicted molar refractivity (Wildman–Crippen MR) is 86.6 cm³/mol. The van der Waals surface area contributed by atoms with Crippen molar-refractivity contribution in [2.45, 2.75) is 20.8 Å². The highest BCUT2D eigenvalue weighted by Gasteiger charge is 2.14. The summed E-state index contributed by atoms with van der Waals surface area (Å²) < 4.78 is 1.77. The van der Waals surface area contributed by atoms with Gasteiger partial charge in [0.25, 0.3) is 5.69 Å². The first-order valence-electron chi connectivity index (χ1n) is 6.81. The lowest BCUT2D eigenvalue weighted by molar-refractivity contribution is -0.384. The average Bonchev–Trinajstić information content (AvgIpc) is 2.88. The molecule has 2 aromatic heterocycles. The van der Waals surface area contributed by atoms with Crippen LogP contribution in [0.1, 0.15) is 19.4 Å². The Morgan fingerprint density at radius 2 is 2.00 bits per heavy atom. The maximum absolute atomic E-state index is 10.9. The Morgan fingerprint density at radius 1 is 1.27 bits per heavy atom. The molecule has 0 aliphatic rings. The molecule has 0 radical (unpaired) electrons. The van der Waals surface area contributed by atoms with Crippen LogP contribution < -0.4 is 0 Å². The number of nitro groups is 1. The fourth-order valence-corrected chi connectivity index (χ4v) is 2.43. The zero-order chi connectivity index (χ0) is 16.3. The molecule has 0 spiro atoms. The van der Waals surface area contributed by atoms with E-state index in [1.165, 1.54) is 18.5 Å². The lowest BCUT2D eigenvalue weighted by Gasteiger charge is -2.04. The zero-order valence-corrected chi connectivity index (χ0v) is 13.2. The van der Waals surface area contributed by atoms with Gasteiger partial charge in [0.2, 0.25) is 0 Å². The molecule has 7 heteroatoms. The fourth-order valence-electron chi connectivity index (χ4n) is 2.15. The van der Waals surface area contributed by atoms with Crippen LogP contribution >= 0.6 is 11.6 Å². The van der Waals surface area contributed by atoms with Crippen molar-refractivity contribution in [2.24, 2.45) is 0 Å². The molecule has 0 saturated carbocycles. The molecule has 0 bridgehead atoms. The van der Waals surface area contributed by atoms with E-state index in [-0.39, 0.29) is 5.69 Å². The van der Waals surface area contributed by atoms with Crippen molar-refractivity contribution in [1.82, 2.24) is 14.5 Å². The highest BCUT2D eigenvalue weighted by molar-refractivity contribution is 6.34. The third-order valence-corrected chi connectivity index (χ3v) is 3.33. The summed E-state index contributed by atoms with van der Waals surface area (Å²) in [6.45, 7) is 5.89. The monoisotopic (exact) mass is 318 g/mol. The van der Waals surface area contributed by atoms with Crippen LogP contribution in [0.3, 0.4) is 0 Å². The van der Waals surface area contributed by atoms with Crippen molar-refractivity contribution >= 4 is 28.3 Å². The summed E-state index contributed by atoms with van der Waals surface area (Å²) in [5.41, 5.74) is 2.23. The van der Waals surface area contributed by atoms with Gasteiger partial charge in [0.15, 0.2) is 0 Å². The van der Waals surface area contributed by atoms with Crippen molar-refractivity contribution in [1.29, 1.82) is 0 Å². The standard InChI is InChI=1S/C13H9ClN4O2.C2H6/c1-8-6-17(13-11(8)12(14)15-7-16-13)9-3-2-4-10(5-9)18(19)20;1-2/h2-7H,1H3;1-2H3. The van der Waals surface area contributed by atoms with Crippen LogP contribution in [0.2, 0.25) is 5.15 Å². The van der Waals surface area contributed by atoms with Crippen molar-refractivity contribution < 1.29 is 4.92 Å². The van der Waals surface area contributed by atoms with E-state index in [1.807, 2.05) is 27.0 Å². The van der Waals surface area contributed by atoms with Gasteiger partial charge in [-0.25, -0.2) is 9.97 Å². The van der Waals surface area contributed by atoms with Crippen molar-refractivity contribution in [2.75, 3.05) is 0 Å². The molecule has 0 unspecified atom stereocenters. The van der Waals surface area contributed by atoms with Gasteiger partial charge in [-0.3, -0.25) is 10.1 Å². The van der Waals surface area contributed by atoms with E-state index in [9.17, 15) is 10.1 Å². The molecule has 22 heavy (non-hydrogen) atoms. The minimum absolute atomic E-state index is 0.0298. The van der Waals surface area contributed by atoms with Gasteiger partial charge in [-0.05, 0) is 18.6 Å². The summed E-state index contributed by atoms with van der Waals surface area (Å²) >= 11 is 6.07. The summed E-state index contributed by atoms with van der Waals surface area (Å²) in [6, 6.07) is 6.36. The molecule has 6 nitrogen and oxygen atoms in total. The average molecular weight is 319 g/mol. The summed E-state index contributed by atoms with van der Waals surface area (Å²) in [6.07, 6.45) is 3.21. The molecule has 0 N–H and O–H groups in total. The Labute approximate surface area is 132 Å². The molecule has 1 aromatic carbocycles. The molecular weight excluding hydrogens is 304 g/mol. The third kappa shape index (κ3) is 2.78. The Bertz CT molecular complexity index is 830. The van der Waals surface area contributed by atoms with Crippen LogP contribution in [-0.4, -0.2) is 19.5 Å². The minimum atomic E-state index is -0.427. The van der Waals surface area contributed by atoms with E-state index < -0.39 is 4.92 Å². The van der Waals surface area contributed by atoms with E-state index in [1.54, 1.807) is 16.7 Å². The molecule has 3 rings (SSSR count). The van der Waals surface area contributed by atoms with Crippen molar-refractivity contribution in [3.63, 3.8) is 0 Å². The molecule has 0 aliphatic heterocycles. The van der Waals surface area contributed by atoms with E-state index in [4.69, 9.17) is 11.6 Å². The zero-order valence-electron chi connectivity index (χ0n) is 12.4. The SMILES string of the molecule is CC.Cc1cn(-c2cccc([N+](=O)[O-])c2)c2ncnc(Cl)c12. The van der Waals surface area contributed by atoms with Gasteiger partial charge in [-0.1, -0.05) is 31.5 Å². The highest BCUT2D eigenvalue weighted by Crippen LogP contribution is 2.28. The molecule has 0 aliphatic carbocycles. The Balaban J connectivity index is 0.000000847. The molecule has 0 saturated heterocycles. The molecular formula is C15H15ClN4O2. The Hall–Kier alpha value is -2.47. The maximum Gasteiger partial charge on any atom is 0.271 e. The van der Waals surface area contributed by atoms with Crippen molar-refractivity contribution in [3.05, 3.63) is 57.6 Å². The quantitative estimate of drug-likeness (QED) is 0.401. The number of aryl methyl sites for hydroxylation is 1. The summed E-state index contributed by atoms with van der Waals surface area (Å²) in [4.78, 5) is 18.6. The van der Waals surface area contributed by atoms with Crippen LogP contribution in [-0.2, 0) is 0 Å². The van der Waals surface area contributed by atoms with Gasteiger partial charge in [-0.15, -0.1) is 0 Å². The second kappa shape index (κ2) is 6.53. The molecule has 0 amide bonds. The molecule has 2 heterocycles. The first-order valence-corrected chi connectivity index (χ1v) is 7.18. The van der Waals surface area contributed by atoms with Crippen molar-refractivity contribution in [3.8, 4) is 5.69 Å². The van der Waals surface area contributed by atoms with Crippen LogP contribution in [0, 0.1) is 17.0 Å². The van der Waals surface area contributed by atoms with Gasteiger partial charge in [0.1, 0.15) is 17.1 Å². The van der Waals surface area contributed by atoms with E-state index in [0.29, 0.717) is 16.5 Å². The summed E-state index contributed by atoms with van der Waals surface area (Å²) in [5, 5.41) is 12.0. The topological polar surface area (TPSA) is 73.8 Å². The molecule has 0 atom stereocenters. The lowest BCUT2D eigenvalue weighted by Crippen LogP contribution is -1.96. The van der Waals surface area contributed by atoms with Gasteiger partial charge in [0, 0.05) is 18.3 Å². The Kier molecular flexibility index (Phi) is 4.72. The number of nitrogens with zero attached hydrogens (tertiary/aromatic N) is 4. The smallest absolute Gasteiger partial charge is 0.271 e. The Morgan fingerprint density at radius 3 is 2.68 bits per heavy atom. The van der Waals surface area contributed by atoms with E-state index in [0.717, 1.165) is 10.9 Å². The van der Waals surface area contributed by atoms with Gasteiger partial charge >= 0.3 is 0 Å². The number of aromatic nitrogens is 3. The number of rotatable bonds is 2. The fraction of sp³-hybridized carbons (Fsp3) is 0.200. The maximum atomic E-state index is 10.9. The van der Waals surface area contributed by atoms with Crippen LogP contribution in [0.5, 0.6) is 0 Å². The predicted octanol–water partition coefficient (Wildman–Crippen LogP) is 4.32. The molecule has 0 fully saturated rings. The van der Waals surface area contributed by atoms with Crippen LogP contribution in [0.25, 0.3) is 16.7 Å². The summed E-state index contributed by atoms with van der Waals surface area (Å²) in [7, 11) is 0. The summed E-state index contributed by atoms with van der Waals surface area (Å²) in [5.74, 6) is 0. The first-order chi connectivity index (χ1) is 10.6. The second-order valence-corrected chi connectivity index (χ2v) is 4.68. The van der Waals surface area contributed by atoms with Gasteiger partial charge in [0.05, 0.1) is 16.0 Å². The lowest BCUT2D eigenvalue weighted by atomic mass is 10.3. The number of nitro benzene ring substituents is 1. The number of halogens is 1. The second-order valence-electron chi connectivity index (χ2n) is 4.32.